The van der Waals surface area contributed by atoms with Crippen LogP contribution in [0.25, 0.3) is 0 Å². The van der Waals surface area contributed by atoms with Crippen molar-refractivity contribution in [3.05, 3.63) is 60.7 Å². The van der Waals surface area contributed by atoms with Crippen LogP contribution in [0.2, 0.25) is 0 Å². The van der Waals surface area contributed by atoms with Crippen LogP contribution < -0.4 is 6.64 Å². The zero-order chi connectivity index (χ0) is 12.1. The summed E-state index contributed by atoms with van der Waals surface area (Å²) in [6.07, 6.45) is 0. The van der Waals surface area contributed by atoms with E-state index in [0.717, 1.165) is 11.5 Å². The van der Waals surface area contributed by atoms with Gasteiger partial charge in [0, 0.05) is 0 Å². The molecule has 88 valence electrons. The molecule has 2 aromatic rings. The third-order valence-corrected chi connectivity index (χ3v) is 7.07. The van der Waals surface area contributed by atoms with E-state index in [1.165, 1.54) is 0 Å². The van der Waals surface area contributed by atoms with Gasteiger partial charge in [0.2, 0.25) is 0 Å². The third kappa shape index (κ3) is 4.77. The molecule has 0 amide bonds. The summed E-state index contributed by atoms with van der Waals surface area (Å²) in [5.41, 5.74) is 0. The molecule has 0 aliphatic heterocycles. The molecule has 0 bridgehead atoms. The van der Waals surface area contributed by atoms with Gasteiger partial charge in [0.25, 0.3) is 0 Å². The third-order valence-electron chi connectivity index (χ3n) is 1.96. The maximum atomic E-state index is 5.94. The summed E-state index contributed by atoms with van der Waals surface area (Å²) in [6, 6.07) is 19.6. The van der Waals surface area contributed by atoms with Gasteiger partial charge in [-0.3, -0.25) is 0 Å². The van der Waals surface area contributed by atoms with E-state index in [4.69, 9.17) is 6.64 Å². The van der Waals surface area contributed by atoms with E-state index in [1.54, 1.807) is 0 Å². The minimum absolute atomic E-state index is 0.868. The van der Waals surface area contributed by atoms with Gasteiger partial charge in [0.15, 0.2) is 0 Å². The van der Waals surface area contributed by atoms with Crippen LogP contribution in [0.15, 0.2) is 60.7 Å². The second kappa shape index (κ2) is 6.40. The number of hydrogen-bond acceptors (Lipinski definition) is 2. The molecule has 0 radical (unpaired) electrons. The van der Waals surface area contributed by atoms with E-state index >= 15 is 0 Å². The molecule has 0 spiro atoms. The first-order chi connectivity index (χ1) is 8.16. The number of hydrogen-bond donors (Lipinski definition) is 0. The van der Waals surface area contributed by atoms with Gasteiger partial charge in [-0.25, -0.2) is 0 Å². The van der Waals surface area contributed by atoms with E-state index < -0.39 is 9.87 Å². The number of halogens is 2. The van der Waals surface area contributed by atoms with Crippen LogP contribution in [0.3, 0.4) is 0 Å². The molecule has 0 aliphatic rings. The molecule has 0 heterocycles. The summed E-state index contributed by atoms with van der Waals surface area (Å²) >= 11 is 4.62. The van der Waals surface area contributed by atoms with Crippen molar-refractivity contribution in [2.75, 3.05) is 0 Å². The van der Waals surface area contributed by atoms with Crippen molar-refractivity contribution in [2.45, 2.75) is 0 Å². The van der Waals surface area contributed by atoms with Gasteiger partial charge in [-0.2, -0.15) is 0 Å². The Balaban J connectivity index is 2.04. The van der Waals surface area contributed by atoms with Gasteiger partial charge in [-0.15, -0.1) is 0 Å². The Labute approximate surface area is 125 Å². The molecular formula is C12H10I2O2Ti. The normalized spacial score (nSPS) is 10.9. The van der Waals surface area contributed by atoms with Crippen molar-refractivity contribution >= 4 is 38.4 Å². The second-order valence-electron chi connectivity index (χ2n) is 3.29. The van der Waals surface area contributed by atoms with Crippen LogP contribution in [0.4, 0.5) is 0 Å². The summed E-state index contributed by atoms with van der Waals surface area (Å²) < 4.78 is 11.9. The molecule has 0 N–H and O–H groups in total. The quantitative estimate of drug-likeness (QED) is 0.454. The van der Waals surface area contributed by atoms with Crippen LogP contribution in [-0.2, 0) is 9.87 Å². The van der Waals surface area contributed by atoms with Crippen LogP contribution in [-0.4, -0.2) is 0 Å². The Morgan fingerprint density at radius 3 is 1.35 bits per heavy atom. The topological polar surface area (TPSA) is 18.5 Å². The van der Waals surface area contributed by atoms with Crippen LogP contribution >= 0.6 is 38.4 Å². The van der Waals surface area contributed by atoms with E-state index in [9.17, 15) is 0 Å². The summed E-state index contributed by atoms with van der Waals surface area (Å²) in [6.45, 7) is 0. The fraction of sp³-hybridized carbons (Fsp3) is 0. The summed E-state index contributed by atoms with van der Waals surface area (Å²) in [4.78, 5) is 0. The molecule has 0 saturated heterocycles. The first kappa shape index (κ1) is 13.6. The van der Waals surface area contributed by atoms with Gasteiger partial charge in [0.05, 0.1) is 0 Å². The molecular weight excluding hydrogens is 478 g/mol. The molecule has 2 rings (SSSR count). The molecule has 0 fully saturated rings. The standard InChI is InChI=1S/2C6H6O.2HI.Ti/c2*7-6-4-2-1-3-5-6;;;/h2*1-5,7H;2*1H;/q;;;;+4/p-4. The van der Waals surface area contributed by atoms with E-state index in [0.29, 0.717) is 0 Å². The minimum atomic E-state index is -2.77. The van der Waals surface area contributed by atoms with Gasteiger partial charge in [-0.1, -0.05) is 0 Å². The molecule has 0 saturated carbocycles. The van der Waals surface area contributed by atoms with Crippen LogP contribution in [0, 0.1) is 0 Å². The Hall–Kier alpha value is 0.214. The average molecular weight is 488 g/mol. The first-order valence-electron chi connectivity index (χ1n) is 5.02. The summed E-state index contributed by atoms with van der Waals surface area (Å²) in [5.74, 6) is 1.74. The number of benzene rings is 2. The Bertz CT molecular complexity index is 419. The fourth-order valence-electron chi connectivity index (χ4n) is 1.27. The van der Waals surface area contributed by atoms with E-state index in [1.807, 2.05) is 60.7 Å². The zero-order valence-corrected chi connectivity index (χ0v) is 14.7. The van der Waals surface area contributed by atoms with Gasteiger partial charge in [-0.05, 0) is 0 Å². The average Bonchev–Trinajstić information content (AvgIpc) is 2.30. The predicted molar refractivity (Wildman–Crippen MR) is 82.2 cm³/mol. The summed E-state index contributed by atoms with van der Waals surface area (Å²) in [5, 5.41) is 0. The van der Waals surface area contributed by atoms with Gasteiger partial charge in [0.1, 0.15) is 0 Å². The van der Waals surface area contributed by atoms with Crippen molar-refractivity contribution in [1.82, 2.24) is 0 Å². The molecule has 0 atom stereocenters. The molecule has 0 unspecified atom stereocenters. The second-order valence-corrected chi connectivity index (χ2v) is 25.6. The van der Waals surface area contributed by atoms with Crippen molar-refractivity contribution < 1.29 is 16.5 Å². The fourth-order valence-corrected chi connectivity index (χ4v) is 6.81. The van der Waals surface area contributed by atoms with E-state index in [-0.39, 0.29) is 0 Å². The maximum absolute atomic E-state index is 5.94. The molecule has 5 heteroatoms. The van der Waals surface area contributed by atoms with Crippen molar-refractivity contribution in [3.8, 4) is 11.5 Å². The Morgan fingerprint density at radius 1 is 0.647 bits per heavy atom. The summed E-state index contributed by atoms with van der Waals surface area (Å²) in [7, 11) is -2.77. The van der Waals surface area contributed by atoms with Gasteiger partial charge >= 0.3 is 127 Å². The molecule has 17 heavy (non-hydrogen) atoms. The number of para-hydroxylation sites is 2. The monoisotopic (exact) mass is 488 g/mol. The van der Waals surface area contributed by atoms with Crippen molar-refractivity contribution in [1.29, 1.82) is 0 Å². The van der Waals surface area contributed by atoms with Crippen LogP contribution in [0.1, 0.15) is 0 Å². The van der Waals surface area contributed by atoms with Crippen LogP contribution in [0.5, 0.6) is 11.5 Å². The number of rotatable bonds is 4. The van der Waals surface area contributed by atoms with Gasteiger partial charge < -0.3 is 0 Å². The van der Waals surface area contributed by atoms with Crippen molar-refractivity contribution in [2.24, 2.45) is 0 Å². The zero-order valence-electron chi connectivity index (χ0n) is 8.85. The molecule has 0 aromatic heterocycles. The molecule has 2 nitrogen and oxygen atoms in total. The first-order valence-corrected chi connectivity index (χ1v) is 16.4. The van der Waals surface area contributed by atoms with E-state index in [2.05, 4.69) is 38.4 Å². The molecule has 0 aliphatic carbocycles. The predicted octanol–water partition coefficient (Wildman–Crippen LogP) is 4.83. The Morgan fingerprint density at radius 2 is 1.00 bits per heavy atom. The van der Waals surface area contributed by atoms with Crippen molar-refractivity contribution in [3.63, 3.8) is 0 Å². The Kier molecular flexibility index (Phi) is 5.14. The molecule has 2 aromatic carbocycles. The SMILES string of the molecule is [I][Ti]([I])([O]c1ccccc1)[O]c1ccccc1.